The zero-order chi connectivity index (χ0) is 13.9. The van der Waals surface area contributed by atoms with E-state index in [9.17, 15) is 4.39 Å². The van der Waals surface area contributed by atoms with Crippen molar-refractivity contribution in [1.82, 2.24) is 5.32 Å². The molecule has 0 saturated heterocycles. The van der Waals surface area contributed by atoms with Crippen LogP contribution in [0.3, 0.4) is 0 Å². The van der Waals surface area contributed by atoms with Crippen molar-refractivity contribution in [3.8, 4) is 0 Å². The smallest absolute Gasteiger partial charge is 0.123 e. The van der Waals surface area contributed by atoms with Gasteiger partial charge < -0.3 is 5.32 Å². The van der Waals surface area contributed by atoms with E-state index in [1.807, 2.05) is 23.5 Å². The van der Waals surface area contributed by atoms with Gasteiger partial charge in [0.15, 0.2) is 0 Å². The first kappa shape index (κ1) is 13.8. The molecule has 2 aromatic rings. The van der Waals surface area contributed by atoms with Gasteiger partial charge in [-0.2, -0.15) is 0 Å². The molecule has 0 amide bonds. The van der Waals surface area contributed by atoms with Gasteiger partial charge in [-0.15, -0.1) is 11.3 Å². The predicted octanol–water partition coefficient (Wildman–Crippen LogP) is 4.66. The van der Waals surface area contributed by atoms with E-state index in [1.54, 1.807) is 12.1 Å². The van der Waals surface area contributed by atoms with Gasteiger partial charge in [-0.1, -0.05) is 19.1 Å². The number of rotatable bonds is 4. The second kappa shape index (κ2) is 6.06. The van der Waals surface area contributed by atoms with Crippen LogP contribution in [0.25, 0.3) is 0 Å². The van der Waals surface area contributed by atoms with Crippen LogP contribution in [-0.4, -0.2) is 6.54 Å². The third-order valence-corrected chi connectivity index (χ3v) is 5.15. The Hall–Kier alpha value is -1.19. The van der Waals surface area contributed by atoms with E-state index in [-0.39, 0.29) is 11.9 Å². The summed E-state index contributed by atoms with van der Waals surface area (Å²) >= 11 is 1.87. The number of hydrogen-bond acceptors (Lipinski definition) is 2. The third-order valence-electron chi connectivity index (χ3n) is 4.15. The molecule has 0 radical (unpaired) electrons. The lowest BCUT2D eigenvalue weighted by Crippen LogP contribution is -2.28. The van der Waals surface area contributed by atoms with Crippen molar-refractivity contribution in [3.05, 3.63) is 57.5 Å². The van der Waals surface area contributed by atoms with E-state index in [0.717, 1.165) is 6.54 Å². The molecule has 1 heterocycles. The van der Waals surface area contributed by atoms with Crippen molar-refractivity contribution in [2.24, 2.45) is 0 Å². The Balaban J connectivity index is 1.94. The molecular formula is C17H20FNS. The van der Waals surface area contributed by atoms with Crippen molar-refractivity contribution in [2.45, 2.75) is 38.1 Å². The standard InChI is InChI=1S/C17H20FNS/c1-2-19-17(12-6-8-13(18)9-7-12)15-4-3-5-16-14(15)10-11-20-16/h6-11,15,17,19H,2-5H2,1H3. The number of likely N-dealkylation sites (N-methyl/N-ethyl adjacent to an activating group) is 1. The lowest BCUT2D eigenvalue weighted by molar-refractivity contribution is 0.411. The summed E-state index contributed by atoms with van der Waals surface area (Å²) in [5.41, 5.74) is 2.69. The highest BCUT2D eigenvalue weighted by Crippen LogP contribution is 2.42. The van der Waals surface area contributed by atoms with E-state index in [0.29, 0.717) is 5.92 Å². The minimum absolute atomic E-state index is 0.163. The molecule has 1 aliphatic rings. The van der Waals surface area contributed by atoms with E-state index in [2.05, 4.69) is 23.7 Å². The fourth-order valence-electron chi connectivity index (χ4n) is 3.25. The van der Waals surface area contributed by atoms with Crippen LogP contribution >= 0.6 is 11.3 Å². The number of halogens is 1. The summed E-state index contributed by atoms with van der Waals surface area (Å²) in [6, 6.07) is 9.53. The maximum Gasteiger partial charge on any atom is 0.123 e. The summed E-state index contributed by atoms with van der Waals surface area (Å²) < 4.78 is 13.1. The summed E-state index contributed by atoms with van der Waals surface area (Å²) in [5.74, 6) is 0.347. The Morgan fingerprint density at radius 3 is 2.85 bits per heavy atom. The summed E-state index contributed by atoms with van der Waals surface area (Å²) in [7, 11) is 0. The zero-order valence-corrected chi connectivity index (χ0v) is 12.5. The largest absolute Gasteiger partial charge is 0.310 e. The number of thiophene rings is 1. The SMILES string of the molecule is CCNC(c1ccc(F)cc1)C1CCCc2sccc21. The number of fused-ring (bicyclic) bond motifs is 1. The number of nitrogens with one attached hydrogen (secondary N) is 1. The monoisotopic (exact) mass is 289 g/mol. The quantitative estimate of drug-likeness (QED) is 0.863. The molecule has 2 atom stereocenters. The molecule has 2 unspecified atom stereocenters. The Kier molecular flexibility index (Phi) is 4.18. The third kappa shape index (κ3) is 2.65. The highest BCUT2D eigenvalue weighted by Gasteiger charge is 2.29. The molecule has 0 fully saturated rings. The van der Waals surface area contributed by atoms with Crippen molar-refractivity contribution in [1.29, 1.82) is 0 Å². The Morgan fingerprint density at radius 1 is 1.30 bits per heavy atom. The first-order valence-corrected chi connectivity index (χ1v) is 8.22. The molecule has 20 heavy (non-hydrogen) atoms. The van der Waals surface area contributed by atoms with Crippen LogP contribution in [0.15, 0.2) is 35.7 Å². The predicted molar refractivity (Wildman–Crippen MR) is 82.8 cm³/mol. The van der Waals surface area contributed by atoms with Crippen molar-refractivity contribution in [2.75, 3.05) is 6.54 Å². The summed E-state index contributed by atoms with van der Waals surface area (Å²) in [6.07, 6.45) is 3.67. The fraction of sp³-hybridized carbons (Fsp3) is 0.412. The van der Waals surface area contributed by atoms with Crippen LogP contribution in [0.5, 0.6) is 0 Å². The van der Waals surface area contributed by atoms with Crippen molar-refractivity contribution >= 4 is 11.3 Å². The Labute approximate surface area is 123 Å². The first-order chi connectivity index (χ1) is 9.79. The minimum atomic E-state index is -0.163. The molecule has 0 spiro atoms. The molecule has 1 aromatic carbocycles. The molecule has 0 saturated carbocycles. The van der Waals surface area contributed by atoms with Gasteiger partial charge in [0.2, 0.25) is 0 Å². The van der Waals surface area contributed by atoms with Gasteiger partial charge in [-0.05, 0) is 60.5 Å². The van der Waals surface area contributed by atoms with E-state index in [1.165, 1.54) is 35.3 Å². The number of aryl methyl sites for hydroxylation is 1. The molecule has 1 aliphatic carbocycles. The van der Waals surface area contributed by atoms with Crippen LogP contribution in [-0.2, 0) is 6.42 Å². The average Bonchev–Trinajstić information content (AvgIpc) is 2.94. The van der Waals surface area contributed by atoms with Gasteiger partial charge in [-0.25, -0.2) is 4.39 Å². The second-order valence-electron chi connectivity index (χ2n) is 5.38. The van der Waals surface area contributed by atoms with Gasteiger partial charge in [0.25, 0.3) is 0 Å². The zero-order valence-electron chi connectivity index (χ0n) is 11.7. The van der Waals surface area contributed by atoms with Crippen LogP contribution in [0.1, 0.15) is 47.7 Å². The van der Waals surface area contributed by atoms with Crippen LogP contribution in [0.4, 0.5) is 4.39 Å². The fourth-order valence-corrected chi connectivity index (χ4v) is 4.25. The summed E-state index contributed by atoms with van der Waals surface area (Å²) in [5, 5.41) is 5.81. The molecule has 0 aliphatic heterocycles. The summed E-state index contributed by atoms with van der Waals surface area (Å²) in [4.78, 5) is 1.53. The minimum Gasteiger partial charge on any atom is -0.310 e. The Bertz CT molecular complexity index is 561. The van der Waals surface area contributed by atoms with Gasteiger partial charge in [-0.3, -0.25) is 0 Å². The molecule has 1 nitrogen and oxygen atoms in total. The molecule has 0 bridgehead atoms. The topological polar surface area (TPSA) is 12.0 Å². The van der Waals surface area contributed by atoms with Crippen LogP contribution in [0, 0.1) is 5.82 Å². The molecule has 1 aromatic heterocycles. The highest BCUT2D eigenvalue weighted by atomic mass is 32.1. The number of hydrogen-bond donors (Lipinski definition) is 1. The lowest BCUT2D eigenvalue weighted by atomic mass is 9.80. The van der Waals surface area contributed by atoms with Crippen molar-refractivity contribution < 1.29 is 4.39 Å². The maximum absolute atomic E-state index is 13.1. The normalized spacial score (nSPS) is 19.6. The first-order valence-electron chi connectivity index (χ1n) is 7.34. The van der Waals surface area contributed by atoms with Crippen LogP contribution < -0.4 is 5.32 Å². The molecular weight excluding hydrogens is 269 g/mol. The lowest BCUT2D eigenvalue weighted by Gasteiger charge is -2.31. The molecule has 3 heteroatoms. The van der Waals surface area contributed by atoms with E-state index >= 15 is 0 Å². The Morgan fingerprint density at radius 2 is 2.10 bits per heavy atom. The second-order valence-corrected chi connectivity index (χ2v) is 6.39. The maximum atomic E-state index is 13.1. The van der Waals surface area contributed by atoms with Gasteiger partial charge in [0, 0.05) is 16.8 Å². The van der Waals surface area contributed by atoms with Gasteiger partial charge in [0.1, 0.15) is 5.82 Å². The highest BCUT2D eigenvalue weighted by molar-refractivity contribution is 7.10. The molecule has 106 valence electrons. The van der Waals surface area contributed by atoms with Crippen molar-refractivity contribution in [3.63, 3.8) is 0 Å². The van der Waals surface area contributed by atoms with Gasteiger partial charge >= 0.3 is 0 Å². The van der Waals surface area contributed by atoms with Gasteiger partial charge in [0.05, 0.1) is 0 Å². The van der Waals surface area contributed by atoms with E-state index < -0.39 is 0 Å². The number of benzene rings is 1. The molecule has 1 N–H and O–H groups in total. The van der Waals surface area contributed by atoms with E-state index in [4.69, 9.17) is 0 Å². The van der Waals surface area contributed by atoms with Crippen LogP contribution in [0.2, 0.25) is 0 Å². The molecule has 3 rings (SSSR count). The summed E-state index contributed by atoms with van der Waals surface area (Å²) in [6.45, 7) is 3.06. The average molecular weight is 289 g/mol.